The highest BCUT2D eigenvalue weighted by Crippen LogP contribution is 2.32. The first-order valence-electron chi connectivity index (χ1n) is 9.48. The molecule has 0 saturated heterocycles. The number of aromatic nitrogens is 4. The smallest absolute Gasteiger partial charge is 0.229 e. The molecule has 0 amide bonds. The predicted octanol–water partition coefficient (Wildman–Crippen LogP) is 4.45. The molecule has 11 heteroatoms. The number of halogens is 1. The number of nitrogens with one attached hydrogen (secondary N) is 1. The summed E-state index contributed by atoms with van der Waals surface area (Å²) in [6.07, 6.45) is 0. The molecule has 1 N–H and O–H groups in total. The number of para-hydroxylation sites is 1. The lowest BCUT2D eigenvalue weighted by atomic mass is 10.2. The lowest BCUT2D eigenvalue weighted by molar-refractivity contribution is 0.410. The molecular weight excluding hydrogens is 470 g/mol. The molecule has 8 nitrogen and oxygen atoms in total. The van der Waals surface area contributed by atoms with E-state index < -0.39 is 9.84 Å². The van der Waals surface area contributed by atoms with Gasteiger partial charge < -0.3 is 10.1 Å². The van der Waals surface area contributed by atoms with Gasteiger partial charge in [0.05, 0.1) is 22.2 Å². The summed E-state index contributed by atoms with van der Waals surface area (Å²) in [6.45, 7) is 0.443. The standard InChI is InChI=1S/C21H16ClN5O3S2/c1-30-17-8-3-2-5-13(17)12-23-19-18-16(9-10-31-18)27-20(24-19)21(25-26-27)32(28,29)15-7-4-6-14(22)11-15/h2-11H,12H2,1H3,(H,23,24). The summed E-state index contributed by atoms with van der Waals surface area (Å²) in [6, 6.07) is 15.5. The Kier molecular flexibility index (Phi) is 5.20. The van der Waals surface area contributed by atoms with Gasteiger partial charge in [-0.25, -0.2) is 13.4 Å². The highest BCUT2D eigenvalue weighted by Gasteiger charge is 2.27. The summed E-state index contributed by atoms with van der Waals surface area (Å²) >= 11 is 7.48. The van der Waals surface area contributed by atoms with E-state index in [9.17, 15) is 8.42 Å². The normalized spacial score (nSPS) is 11.8. The quantitative estimate of drug-likeness (QED) is 0.379. The van der Waals surface area contributed by atoms with Crippen LogP contribution < -0.4 is 10.1 Å². The van der Waals surface area contributed by atoms with E-state index in [4.69, 9.17) is 16.3 Å². The number of methoxy groups -OCH3 is 1. The van der Waals surface area contributed by atoms with Crippen molar-refractivity contribution in [2.75, 3.05) is 12.4 Å². The number of anilines is 1. The topological polar surface area (TPSA) is 98.5 Å². The molecule has 162 valence electrons. The van der Waals surface area contributed by atoms with Gasteiger partial charge in [0.2, 0.25) is 14.9 Å². The fourth-order valence-corrected chi connectivity index (χ4v) is 5.76. The van der Waals surface area contributed by atoms with Crippen LogP contribution in [0.2, 0.25) is 5.02 Å². The molecule has 3 heterocycles. The summed E-state index contributed by atoms with van der Waals surface area (Å²) < 4.78 is 34.2. The largest absolute Gasteiger partial charge is 0.496 e. The van der Waals surface area contributed by atoms with Gasteiger partial charge in [-0.05, 0) is 35.7 Å². The van der Waals surface area contributed by atoms with Crippen molar-refractivity contribution in [1.29, 1.82) is 0 Å². The van der Waals surface area contributed by atoms with Gasteiger partial charge in [0.1, 0.15) is 11.6 Å². The van der Waals surface area contributed by atoms with Crippen LogP contribution in [0.1, 0.15) is 5.56 Å². The predicted molar refractivity (Wildman–Crippen MR) is 123 cm³/mol. The maximum Gasteiger partial charge on any atom is 0.229 e. The van der Waals surface area contributed by atoms with E-state index in [1.54, 1.807) is 19.2 Å². The van der Waals surface area contributed by atoms with Crippen molar-refractivity contribution >= 4 is 54.5 Å². The van der Waals surface area contributed by atoms with E-state index in [2.05, 4.69) is 20.6 Å². The Morgan fingerprint density at radius 1 is 1.16 bits per heavy atom. The number of nitrogens with zero attached hydrogens (tertiary/aromatic N) is 4. The number of fused-ring (bicyclic) bond motifs is 3. The first kappa shape index (κ1) is 20.7. The molecule has 0 atom stereocenters. The van der Waals surface area contributed by atoms with Crippen LogP contribution in [0.25, 0.3) is 15.9 Å². The van der Waals surface area contributed by atoms with Crippen LogP contribution in [-0.2, 0) is 16.4 Å². The minimum Gasteiger partial charge on any atom is -0.496 e. The highest BCUT2D eigenvalue weighted by atomic mass is 35.5. The molecule has 0 fully saturated rings. The zero-order valence-electron chi connectivity index (χ0n) is 16.7. The van der Waals surface area contributed by atoms with Crippen LogP contribution in [0.4, 0.5) is 5.82 Å². The number of hydrogen-bond acceptors (Lipinski definition) is 8. The van der Waals surface area contributed by atoms with Crippen molar-refractivity contribution < 1.29 is 13.2 Å². The van der Waals surface area contributed by atoms with E-state index in [-0.39, 0.29) is 15.6 Å². The molecule has 2 aromatic carbocycles. The molecule has 32 heavy (non-hydrogen) atoms. The van der Waals surface area contributed by atoms with Crippen molar-refractivity contribution in [2.24, 2.45) is 0 Å². The molecule has 3 aromatic heterocycles. The minimum absolute atomic E-state index is 0.0307. The van der Waals surface area contributed by atoms with Gasteiger partial charge in [-0.2, -0.15) is 4.52 Å². The summed E-state index contributed by atoms with van der Waals surface area (Å²) in [4.78, 5) is 4.64. The van der Waals surface area contributed by atoms with Crippen LogP contribution >= 0.6 is 22.9 Å². The van der Waals surface area contributed by atoms with Crippen LogP contribution in [0, 0.1) is 0 Å². The molecule has 5 aromatic rings. The van der Waals surface area contributed by atoms with Crippen LogP contribution in [0.15, 0.2) is 69.9 Å². The van der Waals surface area contributed by atoms with Crippen molar-refractivity contribution in [3.63, 3.8) is 0 Å². The molecule has 0 aliphatic heterocycles. The molecule has 0 aliphatic rings. The zero-order chi connectivity index (χ0) is 22.3. The van der Waals surface area contributed by atoms with Gasteiger partial charge >= 0.3 is 0 Å². The first-order chi connectivity index (χ1) is 15.5. The number of ether oxygens (including phenoxy) is 1. The second-order valence-corrected chi connectivity index (χ2v) is 10.1. The maximum absolute atomic E-state index is 13.3. The summed E-state index contributed by atoms with van der Waals surface area (Å²) in [5, 5.41) is 13.3. The number of hydrogen-bond donors (Lipinski definition) is 1. The zero-order valence-corrected chi connectivity index (χ0v) is 19.1. The fourth-order valence-electron chi connectivity index (χ4n) is 3.39. The van der Waals surface area contributed by atoms with Gasteiger partial charge in [-0.15, -0.1) is 16.4 Å². The Morgan fingerprint density at radius 2 is 2.00 bits per heavy atom. The molecule has 0 saturated carbocycles. The van der Waals surface area contributed by atoms with E-state index in [1.165, 1.54) is 28.0 Å². The van der Waals surface area contributed by atoms with Gasteiger partial charge in [0.25, 0.3) is 0 Å². The van der Waals surface area contributed by atoms with Gasteiger partial charge in [-0.3, -0.25) is 0 Å². The summed E-state index contributed by atoms with van der Waals surface area (Å²) in [5.74, 6) is 1.29. The van der Waals surface area contributed by atoms with E-state index in [1.807, 2.05) is 35.7 Å². The molecule has 0 aliphatic carbocycles. The second-order valence-electron chi connectivity index (χ2n) is 6.85. The third-order valence-electron chi connectivity index (χ3n) is 4.92. The van der Waals surface area contributed by atoms with Crippen LogP contribution in [-0.4, -0.2) is 35.3 Å². The number of rotatable bonds is 6. The Hall–Kier alpha value is -3.21. The van der Waals surface area contributed by atoms with Crippen LogP contribution in [0.5, 0.6) is 5.75 Å². The monoisotopic (exact) mass is 485 g/mol. The average molecular weight is 486 g/mol. The number of benzene rings is 2. The molecule has 0 unspecified atom stereocenters. The van der Waals surface area contributed by atoms with Crippen LogP contribution in [0.3, 0.4) is 0 Å². The molecule has 0 radical (unpaired) electrons. The SMILES string of the molecule is COc1ccccc1CNc1nc2c(S(=O)(=O)c3cccc(Cl)c3)nnn2c2ccsc12. The van der Waals surface area contributed by atoms with E-state index in [0.29, 0.717) is 22.9 Å². The van der Waals surface area contributed by atoms with Gasteiger partial charge in [0.15, 0.2) is 5.65 Å². The summed E-state index contributed by atoms with van der Waals surface area (Å²) in [5.41, 5.74) is 1.79. The lowest BCUT2D eigenvalue weighted by Crippen LogP contribution is -2.07. The molecule has 0 bridgehead atoms. The Balaban J connectivity index is 1.62. The van der Waals surface area contributed by atoms with Gasteiger partial charge in [-0.1, -0.05) is 41.1 Å². The van der Waals surface area contributed by atoms with Crippen molar-refractivity contribution in [3.05, 3.63) is 70.6 Å². The second kappa shape index (κ2) is 8.05. The number of thiophene rings is 1. The third kappa shape index (κ3) is 3.46. The highest BCUT2D eigenvalue weighted by molar-refractivity contribution is 7.91. The summed E-state index contributed by atoms with van der Waals surface area (Å²) in [7, 11) is -2.36. The molecular formula is C21H16ClN5O3S2. The van der Waals surface area contributed by atoms with Crippen molar-refractivity contribution in [1.82, 2.24) is 19.8 Å². The molecule has 5 rings (SSSR count). The third-order valence-corrected chi connectivity index (χ3v) is 7.72. The first-order valence-corrected chi connectivity index (χ1v) is 12.2. The Bertz CT molecular complexity index is 1560. The van der Waals surface area contributed by atoms with Gasteiger partial charge in [0, 0.05) is 17.1 Å². The van der Waals surface area contributed by atoms with Crippen molar-refractivity contribution in [2.45, 2.75) is 16.5 Å². The molecule has 0 spiro atoms. The number of sulfone groups is 1. The van der Waals surface area contributed by atoms with Crippen molar-refractivity contribution in [3.8, 4) is 5.75 Å². The Labute approximate surface area is 192 Å². The lowest BCUT2D eigenvalue weighted by Gasteiger charge is -2.11. The fraction of sp³-hybridized carbons (Fsp3) is 0.0952. The minimum atomic E-state index is -3.98. The van der Waals surface area contributed by atoms with E-state index >= 15 is 0 Å². The van der Waals surface area contributed by atoms with E-state index in [0.717, 1.165) is 16.0 Å². The average Bonchev–Trinajstić information content (AvgIpc) is 3.45. The Morgan fingerprint density at radius 3 is 2.81 bits per heavy atom. The maximum atomic E-state index is 13.3.